The molecule has 0 aliphatic carbocycles. The Morgan fingerprint density at radius 2 is 1.64 bits per heavy atom. The summed E-state index contributed by atoms with van der Waals surface area (Å²) in [6.45, 7) is 11.4. The van der Waals surface area contributed by atoms with Crippen molar-refractivity contribution >= 4 is 0 Å². The summed E-state index contributed by atoms with van der Waals surface area (Å²) in [5.74, 6) is 1.94. The molecule has 1 aromatic heterocycles. The van der Waals surface area contributed by atoms with Gasteiger partial charge in [0.15, 0.2) is 0 Å². The van der Waals surface area contributed by atoms with Gasteiger partial charge in [-0.1, -0.05) is 57.2 Å². The van der Waals surface area contributed by atoms with Gasteiger partial charge in [-0.15, -0.1) is 0 Å². The molecule has 0 saturated carbocycles. The number of aryl methyl sites for hydroxylation is 1. The predicted octanol–water partition coefficient (Wildman–Crippen LogP) is 5.08. The third-order valence-electron chi connectivity index (χ3n) is 5.30. The number of aliphatic hydroxyl groups excluding tert-OH is 1. The average Bonchev–Trinajstić information content (AvgIpc) is 3.15. The first-order chi connectivity index (χ1) is 16.0. The molecule has 0 radical (unpaired) electrons. The van der Waals surface area contributed by atoms with Crippen LogP contribution in [-0.2, 0) is 17.7 Å². The van der Waals surface area contributed by atoms with Gasteiger partial charge in [0.05, 0.1) is 29.7 Å². The molecule has 3 rings (SSSR count). The number of aliphatic hydroxyl groups is 1. The van der Waals surface area contributed by atoms with Crippen molar-refractivity contribution in [1.82, 2.24) is 14.7 Å². The Morgan fingerprint density at radius 1 is 0.970 bits per heavy atom. The quantitative estimate of drug-likeness (QED) is 0.393. The molecular formula is C27H37N3O3. The standard InChI is InChI=1S/C27H37N3O3/c1-5-26-25(19-29(17-21(3)4)18-23(31)20-32-6-2)27(33-24-15-11-8-12-16-24)30(28-26)22-13-9-7-10-14-22/h7-16,21,23,31H,5-6,17-20H2,1-4H3/t23-/m1/s1. The zero-order chi connectivity index (χ0) is 23.6. The average molecular weight is 452 g/mol. The summed E-state index contributed by atoms with van der Waals surface area (Å²) in [7, 11) is 0. The molecule has 6 nitrogen and oxygen atoms in total. The van der Waals surface area contributed by atoms with E-state index in [1.165, 1.54) is 0 Å². The lowest BCUT2D eigenvalue weighted by Gasteiger charge is -2.27. The molecule has 178 valence electrons. The maximum atomic E-state index is 10.5. The first-order valence-electron chi connectivity index (χ1n) is 11.9. The second-order valence-corrected chi connectivity index (χ2v) is 8.65. The predicted molar refractivity (Wildman–Crippen MR) is 132 cm³/mol. The fraction of sp³-hybridized carbons (Fsp3) is 0.444. The van der Waals surface area contributed by atoms with Crippen molar-refractivity contribution in [2.45, 2.75) is 46.8 Å². The molecule has 2 aromatic carbocycles. The van der Waals surface area contributed by atoms with Gasteiger partial charge in [0.25, 0.3) is 0 Å². The highest BCUT2D eigenvalue weighted by Gasteiger charge is 2.24. The third kappa shape index (κ3) is 7.16. The van der Waals surface area contributed by atoms with Gasteiger partial charge < -0.3 is 14.6 Å². The number of hydrogen-bond donors (Lipinski definition) is 1. The molecule has 33 heavy (non-hydrogen) atoms. The lowest BCUT2D eigenvalue weighted by molar-refractivity contribution is 0.0173. The number of nitrogens with zero attached hydrogens (tertiary/aromatic N) is 3. The Balaban J connectivity index is 1.99. The van der Waals surface area contributed by atoms with Crippen molar-refractivity contribution in [2.24, 2.45) is 5.92 Å². The maximum Gasteiger partial charge on any atom is 0.227 e. The minimum absolute atomic E-state index is 0.336. The van der Waals surface area contributed by atoms with Gasteiger partial charge in [0.1, 0.15) is 5.75 Å². The number of rotatable bonds is 13. The van der Waals surface area contributed by atoms with Crippen molar-refractivity contribution < 1.29 is 14.6 Å². The zero-order valence-corrected chi connectivity index (χ0v) is 20.3. The summed E-state index contributed by atoms with van der Waals surface area (Å²) < 4.78 is 13.8. The molecule has 0 saturated heterocycles. The first-order valence-corrected chi connectivity index (χ1v) is 11.9. The minimum atomic E-state index is -0.545. The van der Waals surface area contributed by atoms with Crippen molar-refractivity contribution in [3.05, 3.63) is 71.9 Å². The Hall–Kier alpha value is -2.67. The van der Waals surface area contributed by atoms with Gasteiger partial charge >= 0.3 is 0 Å². The van der Waals surface area contributed by atoms with Crippen LogP contribution in [0.15, 0.2) is 60.7 Å². The molecule has 0 amide bonds. The van der Waals surface area contributed by atoms with Crippen molar-refractivity contribution in [1.29, 1.82) is 0 Å². The van der Waals surface area contributed by atoms with E-state index in [4.69, 9.17) is 14.6 Å². The van der Waals surface area contributed by atoms with E-state index in [1.54, 1.807) is 0 Å². The van der Waals surface area contributed by atoms with Crippen LogP contribution in [-0.4, -0.2) is 52.2 Å². The second kappa shape index (κ2) is 12.5. The fourth-order valence-electron chi connectivity index (χ4n) is 3.92. The maximum absolute atomic E-state index is 10.5. The van der Waals surface area contributed by atoms with Crippen molar-refractivity contribution in [2.75, 3.05) is 26.3 Å². The van der Waals surface area contributed by atoms with Crippen LogP contribution in [0.5, 0.6) is 11.6 Å². The molecule has 3 aromatic rings. The second-order valence-electron chi connectivity index (χ2n) is 8.65. The van der Waals surface area contributed by atoms with Gasteiger partial charge in [-0.05, 0) is 43.5 Å². The highest BCUT2D eigenvalue weighted by molar-refractivity contribution is 5.43. The highest BCUT2D eigenvalue weighted by Crippen LogP contribution is 2.32. The van der Waals surface area contributed by atoms with Gasteiger partial charge in [-0.2, -0.15) is 5.10 Å². The van der Waals surface area contributed by atoms with E-state index in [0.29, 0.717) is 32.2 Å². The SMILES string of the molecule is CCOC[C@H](O)CN(Cc1c(CC)nn(-c2ccccc2)c1Oc1ccccc1)CC(C)C. The largest absolute Gasteiger partial charge is 0.439 e. The van der Waals surface area contributed by atoms with Crippen LogP contribution in [0.3, 0.4) is 0 Å². The molecule has 0 aliphatic rings. The van der Waals surface area contributed by atoms with Crippen LogP contribution >= 0.6 is 0 Å². The third-order valence-corrected chi connectivity index (χ3v) is 5.30. The van der Waals surface area contributed by atoms with Crippen LogP contribution in [0.25, 0.3) is 5.69 Å². The fourth-order valence-corrected chi connectivity index (χ4v) is 3.92. The lowest BCUT2D eigenvalue weighted by atomic mass is 10.1. The van der Waals surface area contributed by atoms with Crippen molar-refractivity contribution in [3.63, 3.8) is 0 Å². The monoisotopic (exact) mass is 451 g/mol. The summed E-state index contributed by atoms with van der Waals surface area (Å²) in [4.78, 5) is 2.28. The summed E-state index contributed by atoms with van der Waals surface area (Å²) >= 11 is 0. The van der Waals surface area contributed by atoms with Gasteiger partial charge in [-0.3, -0.25) is 4.90 Å². The van der Waals surface area contributed by atoms with Crippen LogP contribution in [0.4, 0.5) is 0 Å². The van der Waals surface area contributed by atoms with E-state index in [9.17, 15) is 5.11 Å². The molecule has 0 spiro atoms. The molecule has 1 atom stereocenters. The first kappa shape index (κ1) is 25.0. The Kier molecular flexibility index (Phi) is 9.48. The van der Waals surface area contributed by atoms with Gasteiger partial charge in [-0.25, -0.2) is 4.68 Å². The van der Waals surface area contributed by atoms with Crippen LogP contribution in [0.2, 0.25) is 0 Å². The Bertz CT molecular complexity index is 958. The summed E-state index contributed by atoms with van der Waals surface area (Å²) in [6.07, 6.45) is 0.244. The summed E-state index contributed by atoms with van der Waals surface area (Å²) in [5.41, 5.74) is 3.00. The smallest absolute Gasteiger partial charge is 0.227 e. The van der Waals surface area contributed by atoms with Crippen LogP contribution in [0, 0.1) is 5.92 Å². The molecule has 0 fully saturated rings. The molecular weight excluding hydrogens is 414 g/mol. The Morgan fingerprint density at radius 3 is 2.24 bits per heavy atom. The van der Waals surface area contributed by atoms with E-state index in [0.717, 1.165) is 41.5 Å². The highest BCUT2D eigenvalue weighted by atomic mass is 16.5. The normalized spacial score (nSPS) is 12.5. The van der Waals surface area contributed by atoms with Crippen molar-refractivity contribution in [3.8, 4) is 17.3 Å². The molecule has 0 aliphatic heterocycles. The van der Waals surface area contributed by atoms with E-state index >= 15 is 0 Å². The molecule has 6 heteroatoms. The van der Waals surface area contributed by atoms with E-state index in [2.05, 4.69) is 25.7 Å². The Labute approximate surface area is 197 Å². The summed E-state index contributed by atoms with van der Waals surface area (Å²) in [5, 5.41) is 15.5. The van der Waals surface area contributed by atoms with Crippen LogP contribution in [0.1, 0.15) is 39.0 Å². The van der Waals surface area contributed by atoms with E-state index in [1.807, 2.05) is 72.3 Å². The van der Waals surface area contributed by atoms with Gasteiger partial charge in [0.2, 0.25) is 5.88 Å². The number of benzene rings is 2. The van der Waals surface area contributed by atoms with E-state index in [-0.39, 0.29) is 0 Å². The number of aromatic nitrogens is 2. The topological polar surface area (TPSA) is 59.8 Å². The number of ether oxygens (including phenoxy) is 2. The summed E-state index contributed by atoms with van der Waals surface area (Å²) in [6, 6.07) is 19.9. The molecule has 0 bridgehead atoms. The number of para-hydroxylation sites is 2. The molecule has 0 unspecified atom stereocenters. The number of hydrogen-bond acceptors (Lipinski definition) is 5. The van der Waals surface area contributed by atoms with E-state index < -0.39 is 6.10 Å². The molecule has 1 heterocycles. The molecule has 1 N–H and O–H groups in total. The zero-order valence-electron chi connectivity index (χ0n) is 20.3. The van der Waals surface area contributed by atoms with Gasteiger partial charge in [0, 0.05) is 26.2 Å². The minimum Gasteiger partial charge on any atom is -0.439 e. The van der Waals surface area contributed by atoms with Crippen LogP contribution < -0.4 is 4.74 Å². The lowest BCUT2D eigenvalue weighted by Crippen LogP contribution is -2.37.